The number of hydrogen-bond acceptors (Lipinski definition) is 3. The molecule has 0 fully saturated rings. The molecule has 1 amide bonds. The molecular formula is C11H15NO3S. The van der Waals surface area contributed by atoms with Crippen molar-refractivity contribution in [3.05, 3.63) is 22.4 Å². The first kappa shape index (κ1) is 12.7. The Bertz CT molecular complexity index is 348. The molecule has 16 heavy (non-hydrogen) atoms. The van der Waals surface area contributed by atoms with Crippen molar-refractivity contribution in [3.63, 3.8) is 0 Å². The molecule has 1 aromatic heterocycles. The van der Waals surface area contributed by atoms with Gasteiger partial charge in [-0.05, 0) is 29.3 Å². The van der Waals surface area contributed by atoms with E-state index in [1.165, 1.54) is 0 Å². The second kappa shape index (κ2) is 6.27. The average Bonchev–Trinajstić information content (AvgIpc) is 2.71. The van der Waals surface area contributed by atoms with Crippen molar-refractivity contribution < 1.29 is 14.7 Å². The number of thiophene rings is 1. The second-order valence-electron chi connectivity index (χ2n) is 3.43. The summed E-state index contributed by atoms with van der Waals surface area (Å²) in [5.74, 6) is -0.885. The van der Waals surface area contributed by atoms with E-state index in [-0.39, 0.29) is 18.9 Å². The number of carbonyl (C=O) groups is 2. The fraction of sp³-hybridized carbons (Fsp3) is 0.455. The number of rotatable bonds is 6. The Morgan fingerprint density at radius 1 is 1.50 bits per heavy atom. The molecule has 0 aliphatic rings. The number of likely N-dealkylation sites (N-methyl/N-ethyl adjacent to an activating group) is 1. The first-order valence-electron chi connectivity index (χ1n) is 5.14. The third-order valence-corrected chi connectivity index (χ3v) is 3.00. The summed E-state index contributed by atoms with van der Waals surface area (Å²) in [5.41, 5.74) is 0.990. The normalized spacial score (nSPS) is 10.1. The van der Waals surface area contributed by atoms with E-state index in [4.69, 9.17) is 5.11 Å². The topological polar surface area (TPSA) is 57.6 Å². The number of amides is 1. The summed E-state index contributed by atoms with van der Waals surface area (Å²) < 4.78 is 0. The van der Waals surface area contributed by atoms with Crippen LogP contribution in [0.25, 0.3) is 0 Å². The first-order chi connectivity index (χ1) is 7.63. The van der Waals surface area contributed by atoms with Crippen molar-refractivity contribution >= 4 is 23.2 Å². The molecule has 1 rings (SSSR count). The van der Waals surface area contributed by atoms with Crippen molar-refractivity contribution in [2.24, 2.45) is 0 Å². The number of carboxylic acids is 1. The second-order valence-corrected chi connectivity index (χ2v) is 4.21. The van der Waals surface area contributed by atoms with Gasteiger partial charge < -0.3 is 10.0 Å². The highest BCUT2D eigenvalue weighted by Gasteiger charge is 2.13. The van der Waals surface area contributed by atoms with E-state index >= 15 is 0 Å². The van der Waals surface area contributed by atoms with Gasteiger partial charge in [0.05, 0.1) is 12.8 Å². The number of aliphatic carboxylic acids is 1. The molecule has 5 heteroatoms. The fourth-order valence-corrected chi connectivity index (χ4v) is 2.04. The highest BCUT2D eigenvalue weighted by molar-refractivity contribution is 7.07. The van der Waals surface area contributed by atoms with Crippen LogP contribution in [0.1, 0.15) is 18.9 Å². The van der Waals surface area contributed by atoms with Gasteiger partial charge in [-0.15, -0.1) is 0 Å². The molecule has 0 unspecified atom stereocenters. The lowest BCUT2D eigenvalue weighted by Crippen LogP contribution is -2.33. The van der Waals surface area contributed by atoms with Crippen LogP contribution in [-0.2, 0) is 16.0 Å². The lowest BCUT2D eigenvalue weighted by atomic mass is 10.2. The van der Waals surface area contributed by atoms with Gasteiger partial charge in [0.25, 0.3) is 0 Å². The molecule has 0 atom stereocenters. The van der Waals surface area contributed by atoms with Crippen LogP contribution < -0.4 is 0 Å². The molecule has 0 saturated heterocycles. The number of carbonyl (C=O) groups excluding carboxylic acids is 1. The number of hydrogen-bond donors (Lipinski definition) is 1. The van der Waals surface area contributed by atoms with Crippen molar-refractivity contribution in [3.8, 4) is 0 Å². The van der Waals surface area contributed by atoms with Gasteiger partial charge in [0.1, 0.15) is 0 Å². The zero-order valence-corrected chi connectivity index (χ0v) is 10.00. The van der Waals surface area contributed by atoms with Gasteiger partial charge in [0.15, 0.2) is 0 Å². The molecule has 88 valence electrons. The molecule has 1 heterocycles. The maximum absolute atomic E-state index is 11.8. The van der Waals surface area contributed by atoms with Crippen LogP contribution in [0, 0.1) is 0 Å². The van der Waals surface area contributed by atoms with Crippen molar-refractivity contribution in [1.82, 2.24) is 4.90 Å². The van der Waals surface area contributed by atoms with Crippen molar-refractivity contribution in [1.29, 1.82) is 0 Å². The number of carboxylic acid groups (broad SMARTS) is 1. The summed E-state index contributed by atoms with van der Waals surface area (Å²) in [6.45, 7) is 2.69. The highest BCUT2D eigenvalue weighted by atomic mass is 32.1. The van der Waals surface area contributed by atoms with E-state index < -0.39 is 5.97 Å². The van der Waals surface area contributed by atoms with E-state index in [1.807, 2.05) is 23.8 Å². The smallest absolute Gasteiger partial charge is 0.305 e. The van der Waals surface area contributed by atoms with E-state index in [0.29, 0.717) is 13.0 Å². The average molecular weight is 241 g/mol. The van der Waals surface area contributed by atoms with Gasteiger partial charge >= 0.3 is 5.97 Å². The maximum atomic E-state index is 11.8. The first-order valence-corrected chi connectivity index (χ1v) is 6.08. The van der Waals surface area contributed by atoms with Crippen LogP contribution in [-0.4, -0.2) is 35.0 Å². The minimum absolute atomic E-state index is 0.00319. The Kier molecular flexibility index (Phi) is 4.98. The Balaban J connectivity index is 2.46. The molecule has 0 aromatic carbocycles. The molecule has 0 bridgehead atoms. The van der Waals surface area contributed by atoms with E-state index in [0.717, 1.165) is 5.56 Å². The summed E-state index contributed by atoms with van der Waals surface area (Å²) in [6.07, 6.45) is 0.361. The summed E-state index contributed by atoms with van der Waals surface area (Å²) in [4.78, 5) is 23.8. The summed E-state index contributed by atoms with van der Waals surface area (Å²) in [6, 6.07) is 1.91. The van der Waals surface area contributed by atoms with Crippen LogP contribution in [0.2, 0.25) is 0 Å². The number of nitrogens with zero attached hydrogens (tertiary/aromatic N) is 1. The van der Waals surface area contributed by atoms with Crippen LogP contribution >= 0.6 is 11.3 Å². The third-order valence-electron chi connectivity index (χ3n) is 2.27. The quantitative estimate of drug-likeness (QED) is 0.823. The largest absolute Gasteiger partial charge is 0.481 e. The molecule has 0 aliphatic heterocycles. The van der Waals surface area contributed by atoms with Crippen LogP contribution in [0.3, 0.4) is 0 Å². The zero-order chi connectivity index (χ0) is 12.0. The summed E-state index contributed by atoms with van der Waals surface area (Å²) >= 11 is 1.55. The predicted molar refractivity (Wildman–Crippen MR) is 62.5 cm³/mol. The van der Waals surface area contributed by atoms with Crippen LogP contribution in [0.4, 0.5) is 0 Å². The molecule has 4 nitrogen and oxygen atoms in total. The van der Waals surface area contributed by atoms with E-state index in [1.54, 1.807) is 16.2 Å². The molecule has 0 radical (unpaired) electrons. The van der Waals surface area contributed by atoms with Gasteiger partial charge in [-0.1, -0.05) is 0 Å². The van der Waals surface area contributed by atoms with Crippen molar-refractivity contribution in [2.75, 3.05) is 13.1 Å². The van der Waals surface area contributed by atoms with E-state index in [9.17, 15) is 9.59 Å². The molecule has 1 N–H and O–H groups in total. The highest BCUT2D eigenvalue weighted by Crippen LogP contribution is 2.08. The molecule has 0 spiro atoms. The van der Waals surface area contributed by atoms with Gasteiger partial charge in [-0.3, -0.25) is 9.59 Å². The molecule has 0 saturated carbocycles. The standard InChI is InChI=1S/C11H15NO3S/c1-2-12(5-3-11(14)15)10(13)7-9-4-6-16-8-9/h4,6,8H,2-3,5,7H2,1H3,(H,14,15). The zero-order valence-electron chi connectivity index (χ0n) is 9.18. The maximum Gasteiger partial charge on any atom is 0.305 e. The lowest BCUT2D eigenvalue weighted by molar-refractivity contribution is -0.138. The van der Waals surface area contributed by atoms with Crippen LogP contribution in [0.15, 0.2) is 16.8 Å². The summed E-state index contributed by atoms with van der Waals surface area (Å²) in [7, 11) is 0. The van der Waals surface area contributed by atoms with Gasteiger partial charge in [-0.25, -0.2) is 0 Å². The van der Waals surface area contributed by atoms with Gasteiger partial charge in [-0.2, -0.15) is 11.3 Å². The van der Waals surface area contributed by atoms with Crippen LogP contribution in [0.5, 0.6) is 0 Å². The Labute approximate surface area is 98.5 Å². The van der Waals surface area contributed by atoms with Crippen molar-refractivity contribution in [2.45, 2.75) is 19.8 Å². The lowest BCUT2D eigenvalue weighted by Gasteiger charge is -2.19. The molecule has 1 aromatic rings. The Morgan fingerprint density at radius 3 is 2.75 bits per heavy atom. The third kappa shape index (κ3) is 4.02. The van der Waals surface area contributed by atoms with Gasteiger partial charge in [0.2, 0.25) is 5.91 Å². The minimum Gasteiger partial charge on any atom is -0.481 e. The fourth-order valence-electron chi connectivity index (χ4n) is 1.37. The predicted octanol–water partition coefficient (Wildman–Crippen LogP) is 1.61. The summed E-state index contributed by atoms with van der Waals surface area (Å²) in [5, 5.41) is 12.4. The monoisotopic (exact) mass is 241 g/mol. The van der Waals surface area contributed by atoms with E-state index in [2.05, 4.69) is 0 Å². The Hall–Kier alpha value is -1.36. The minimum atomic E-state index is -0.873. The van der Waals surface area contributed by atoms with Gasteiger partial charge in [0, 0.05) is 13.1 Å². The molecule has 0 aliphatic carbocycles. The SMILES string of the molecule is CCN(CCC(=O)O)C(=O)Cc1ccsc1. The Morgan fingerprint density at radius 2 is 2.25 bits per heavy atom. The molecular weight excluding hydrogens is 226 g/mol.